The van der Waals surface area contributed by atoms with E-state index in [9.17, 15) is 14.4 Å². The highest BCUT2D eigenvalue weighted by Gasteiger charge is 2.29. The van der Waals surface area contributed by atoms with Gasteiger partial charge in [-0.05, 0) is 43.0 Å². The maximum Gasteiger partial charge on any atom is 0.287 e. The number of likely N-dealkylation sites (N-methyl/N-ethyl adjacent to an activating group) is 1. The lowest BCUT2D eigenvalue weighted by Crippen LogP contribution is -2.51. The summed E-state index contributed by atoms with van der Waals surface area (Å²) in [7, 11) is 1.54. The molecule has 0 radical (unpaired) electrons. The van der Waals surface area contributed by atoms with Gasteiger partial charge in [0.2, 0.25) is 11.8 Å². The minimum absolute atomic E-state index is 0.119. The average molecular weight is 385 g/mol. The molecule has 2 rings (SSSR count). The van der Waals surface area contributed by atoms with Crippen molar-refractivity contribution >= 4 is 23.4 Å². The third-order valence-electron chi connectivity index (χ3n) is 4.47. The molecule has 2 aromatic rings. The molecule has 2 N–H and O–H groups in total. The minimum Gasteiger partial charge on any atom is -0.459 e. The molecule has 0 aliphatic carbocycles. The van der Waals surface area contributed by atoms with Crippen molar-refractivity contribution in [1.29, 1.82) is 0 Å². The molecular weight excluding hydrogens is 358 g/mol. The van der Waals surface area contributed by atoms with E-state index < -0.39 is 11.9 Å². The molecule has 7 nitrogen and oxygen atoms in total. The van der Waals surface area contributed by atoms with E-state index >= 15 is 0 Å². The number of rotatable bonds is 7. The second kappa shape index (κ2) is 9.21. The van der Waals surface area contributed by atoms with Crippen LogP contribution in [0.15, 0.2) is 41.0 Å². The van der Waals surface area contributed by atoms with Crippen LogP contribution in [0.3, 0.4) is 0 Å². The van der Waals surface area contributed by atoms with Gasteiger partial charge in [0.15, 0.2) is 5.76 Å². The quantitative estimate of drug-likeness (QED) is 0.767. The van der Waals surface area contributed by atoms with E-state index in [0.717, 1.165) is 16.8 Å². The zero-order valence-corrected chi connectivity index (χ0v) is 16.9. The Morgan fingerprint density at radius 3 is 2.25 bits per heavy atom. The van der Waals surface area contributed by atoms with Gasteiger partial charge in [-0.15, -0.1) is 0 Å². The van der Waals surface area contributed by atoms with E-state index in [2.05, 4.69) is 10.6 Å². The molecule has 28 heavy (non-hydrogen) atoms. The van der Waals surface area contributed by atoms with Crippen LogP contribution in [0.4, 0.5) is 5.69 Å². The lowest BCUT2D eigenvalue weighted by atomic mass is 10.0. The SMILES string of the molecule is Cc1cccc(C)c1NC(=O)CN(C)C(=O)C(NC(=O)c1ccco1)C(C)C. The molecular formula is C21H27N3O4. The Morgan fingerprint density at radius 1 is 1.07 bits per heavy atom. The third kappa shape index (κ3) is 5.22. The Balaban J connectivity index is 2.02. The lowest BCUT2D eigenvalue weighted by Gasteiger charge is -2.26. The first kappa shape index (κ1) is 21.2. The second-order valence-corrected chi connectivity index (χ2v) is 7.18. The van der Waals surface area contributed by atoms with Crippen LogP contribution in [-0.2, 0) is 9.59 Å². The third-order valence-corrected chi connectivity index (χ3v) is 4.47. The van der Waals surface area contributed by atoms with Crippen molar-refractivity contribution in [2.75, 3.05) is 18.9 Å². The molecule has 1 aromatic carbocycles. The molecule has 1 aromatic heterocycles. The van der Waals surface area contributed by atoms with Gasteiger partial charge < -0.3 is 20.0 Å². The second-order valence-electron chi connectivity index (χ2n) is 7.18. The molecule has 0 fully saturated rings. The summed E-state index contributed by atoms with van der Waals surface area (Å²) in [4.78, 5) is 38.8. The van der Waals surface area contributed by atoms with Crippen molar-refractivity contribution in [1.82, 2.24) is 10.2 Å². The fourth-order valence-electron chi connectivity index (χ4n) is 2.86. The number of nitrogens with zero attached hydrogens (tertiary/aromatic N) is 1. The molecule has 0 spiro atoms. The number of amides is 3. The predicted octanol–water partition coefficient (Wildman–Crippen LogP) is 2.75. The van der Waals surface area contributed by atoms with Gasteiger partial charge in [0.25, 0.3) is 5.91 Å². The van der Waals surface area contributed by atoms with E-state index in [1.54, 1.807) is 13.1 Å². The van der Waals surface area contributed by atoms with Crippen LogP contribution in [0.1, 0.15) is 35.5 Å². The van der Waals surface area contributed by atoms with E-state index in [1.165, 1.54) is 17.2 Å². The normalized spacial score (nSPS) is 11.8. The van der Waals surface area contributed by atoms with Gasteiger partial charge in [-0.3, -0.25) is 14.4 Å². The fourth-order valence-corrected chi connectivity index (χ4v) is 2.86. The monoisotopic (exact) mass is 385 g/mol. The van der Waals surface area contributed by atoms with Crippen LogP contribution in [0, 0.1) is 19.8 Å². The Kier molecular flexibility index (Phi) is 6.98. The number of carbonyl (C=O) groups excluding carboxylic acids is 3. The van der Waals surface area contributed by atoms with E-state index in [4.69, 9.17) is 4.42 Å². The van der Waals surface area contributed by atoms with Crippen LogP contribution in [0.2, 0.25) is 0 Å². The van der Waals surface area contributed by atoms with Crippen LogP contribution >= 0.6 is 0 Å². The summed E-state index contributed by atoms with van der Waals surface area (Å²) in [6, 6.07) is 8.11. The Hall–Kier alpha value is -3.09. The fraction of sp³-hybridized carbons (Fsp3) is 0.381. The van der Waals surface area contributed by atoms with Gasteiger partial charge in [-0.1, -0.05) is 32.0 Å². The molecule has 0 bridgehead atoms. The van der Waals surface area contributed by atoms with Crippen LogP contribution in [-0.4, -0.2) is 42.3 Å². The van der Waals surface area contributed by atoms with Gasteiger partial charge in [0.05, 0.1) is 12.8 Å². The van der Waals surface area contributed by atoms with Crippen molar-refractivity contribution in [3.63, 3.8) is 0 Å². The zero-order chi connectivity index (χ0) is 20.8. The van der Waals surface area contributed by atoms with Crippen LogP contribution in [0.25, 0.3) is 0 Å². The van der Waals surface area contributed by atoms with Gasteiger partial charge >= 0.3 is 0 Å². The number of aryl methyl sites for hydroxylation is 2. The molecule has 1 unspecified atom stereocenters. The summed E-state index contributed by atoms with van der Waals surface area (Å²) < 4.78 is 5.07. The van der Waals surface area contributed by atoms with E-state index in [-0.39, 0.29) is 30.0 Å². The largest absolute Gasteiger partial charge is 0.459 e. The van der Waals surface area contributed by atoms with Crippen LogP contribution in [0.5, 0.6) is 0 Å². The first-order chi connectivity index (χ1) is 13.2. The first-order valence-electron chi connectivity index (χ1n) is 9.16. The molecule has 0 aliphatic rings. The number of benzene rings is 1. The molecule has 7 heteroatoms. The number of nitrogens with one attached hydrogen (secondary N) is 2. The highest BCUT2D eigenvalue weighted by atomic mass is 16.3. The summed E-state index contributed by atoms with van der Waals surface area (Å²) in [5.74, 6) is -1.13. The van der Waals surface area contributed by atoms with Crippen molar-refractivity contribution in [2.24, 2.45) is 5.92 Å². The number of hydrogen-bond acceptors (Lipinski definition) is 4. The van der Waals surface area contributed by atoms with Gasteiger partial charge in [-0.25, -0.2) is 0 Å². The van der Waals surface area contributed by atoms with Crippen molar-refractivity contribution < 1.29 is 18.8 Å². The number of hydrogen-bond donors (Lipinski definition) is 2. The Morgan fingerprint density at radius 2 is 1.71 bits per heavy atom. The van der Waals surface area contributed by atoms with Gasteiger partial charge in [0, 0.05) is 12.7 Å². The topological polar surface area (TPSA) is 91.7 Å². The van der Waals surface area contributed by atoms with Crippen molar-refractivity contribution in [3.05, 3.63) is 53.5 Å². The highest BCUT2D eigenvalue weighted by molar-refractivity contribution is 5.98. The highest BCUT2D eigenvalue weighted by Crippen LogP contribution is 2.19. The van der Waals surface area contributed by atoms with Crippen LogP contribution < -0.4 is 10.6 Å². The summed E-state index contributed by atoms with van der Waals surface area (Å²) in [6.07, 6.45) is 1.39. The number of carbonyl (C=O) groups is 3. The molecule has 1 atom stereocenters. The maximum absolute atomic E-state index is 12.8. The number of furan rings is 1. The zero-order valence-electron chi connectivity index (χ0n) is 16.9. The molecule has 0 aliphatic heterocycles. The standard InChI is InChI=1S/C21H27N3O4/c1-13(2)18(23-20(26)16-10-7-11-28-16)21(27)24(5)12-17(25)22-19-14(3)8-6-9-15(19)4/h6-11,13,18H,12H2,1-5H3,(H,22,25)(H,23,26). The lowest BCUT2D eigenvalue weighted by molar-refractivity contribution is -0.135. The maximum atomic E-state index is 12.8. The average Bonchev–Trinajstić information content (AvgIpc) is 3.16. The number of anilines is 1. The summed E-state index contributed by atoms with van der Waals surface area (Å²) >= 11 is 0. The molecule has 150 valence electrons. The first-order valence-corrected chi connectivity index (χ1v) is 9.16. The summed E-state index contributed by atoms with van der Waals surface area (Å²) in [6.45, 7) is 7.37. The molecule has 0 saturated heterocycles. The summed E-state index contributed by atoms with van der Waals surface area (Å²) in [5.41, 5.74) is 2.65. The number of para-hydroxylation sites is 1. The molecule has 3 amide bonds. The van der Waals surface area contributed by atoms with Crippen molar-refractivity contribution in [3.8, 4) is 0 Å². The van der Waals surface area contributed by atoms with E-state index in [0.29, 0.717) is 0 Å². The smallest absolute Gasteiger partial charge is 0.287 e. The molecule has 0 saturated carbocycles. The summed E-state index contributed by atoms with van der Waals surface area (Å²) in [5, 5.41) is 5.55. The van der Waals surface area contributed by atoms with Gasteiger partial charge in [0.1, 0.15) is 6.04 Å². The minimum atomic E-state index is -0.768. The molecule has 1 heterocycles. The van der Waals surface area contributed by atoms with Gasteiger partial charge in [-0.2, -0.15) is 0 Å². The Bertz CT molecular complexity index is 823. The Labute approximate surface area is 165 Å². The predicted molar refractivity (Wildman–Crippen MR) is 107 cm³/mol. The van der Waals surface area contributed by atoms with Crippen molar-refractivity contribution in [2.45, 2.75) is 33.7 Å². The van der Waals surface area contributed by atoms with E-state index in [1.807, 2.05) is 45.9 Å².